The third-order valence-electron chi connectivity index (χ3n) is 1.91. The van der Waals surface area contributed by atoms with Crippen LogP contribution in [0.15, 0.2) is 0 Å². The minimum Gasteiger partial charge on any atom is -0.300 e. The van der Waals surface area contributed by atoms with Gasteiger partial charge < -0.3 is 0 Å². The third kappa shape index (κ3) is 4.64. The summed E-state index contributed by atoms with van der Waals surface area (Å²) >= 11 is 0. The van der Waals surface area contributed by atoms with Crippen molar-refractivity contribution in [2.45, 2.75) is 33.6 Å². The molecule has 0 aliphatic rings. The molecule has 1 unspecified atom stereocenters. The van der Waals surface area contributed by atoms with Gasteiger partial charge in [0.1, 0.15) is 23.1 Å². The molecular formula is C10H14O4. The normalized spacial score (nSPS) is 11.9. The van der Waals surface area contributed by atoms with Gasteiger partial charge in [0.15, 0.2) is 0 Å². The summed E-state index contributed by atoms with van der Waals surface area (Å²) in [5.74, 6) is -2.10. The van der Waals surface area contributed by atoms with E-state index in [2.05, 4.69) is 0 Å². The van der Waals surface area contributed by atoms with Crippen LogP contribution in [0.1, 0.15) is 33.6 Å². The van der Waals surface area contributed by atoms with Crippen molar-refractivity contribution >= 4 is 23.1 Å². The summed E-state index contributed by atoms with van der Waals surface area (Å²) in [5.41, 5.74) is 0. The molecule has 0 N–H and O–H groups in total. The second kappa shape index (κ2) is 5.42. The lowest BCUT2D eigenvalue weighted by molar-refractivity contribution is -0.133. The smallest absolute Gasteiger partial charge is 0.150 e. The van der Waals surface area contributed by atoms with E-state index in [0.29, 0.717) is 0 Å². The maximum atomic E-state index is 11.2. The van der Waals surface area contributed by atoms with Gasteiger partial charge in [-0.3, -0.25) is 19.2 Å². The summed E-state index contributed by atoms with van der Waals surface area (Å²) in [6.45, 7) is 4.06. The largest absolute Gasteiger partial charge is 0.300 e. The number of hydrogen-bond acceptors (Lipinski definition) is 4. The Kier molecular flexibility index (Phi) is 4.91. The van der Waals surface area contributed by atoms with Crippen LogP contribution < -0.4 is 0 Å². The first-order valence-corrected chi connectivity index (χ1v) is 4.39. The maximum absolute atomic E-state index is 11.2. The molecule has 1 atom stereocenters. The van der Waals surface area contributed by atoms with Gasteiger partial charge in [-0.05, 0) is 20.8 Å². The van der Waals surface area contributed by atoms with Crippen LogP contribution in [0.2, 0.25) is 0 Å². The zero-order valence-electron chi connectivity index (χ0n) is 8.62. The van der Waals surface area contributed by atoms with Crippen LogP contribution in [0.4, 0.5) is 0 Å². The second-order valence-corrected chi connectivity index (χ2v) is 3.39. The third-order valence-corrected chi connectivity index (χ3v) is 1.91. The van der Waals surface area contributed by atoms with Crippen LogP contribution in [0.3, 0.4) is 0 Å². The topological polar surface area (TPSA) is 68.3 Å². The highest BCUT2D eigenvalue weighted by Gasteiger charge is 2.20. The summed E-state index contributed by atoms with van der Waals surface area (Å²) in [6, 6.07) is 0. The fourth-order valence-corrected chi connectivity index (χ4v) is 0.914. The van der Waals surface area contributed by atoms with Gasteiger partial charge in [0.2, 0.25) is 0 Å². The lowest BCUT2D eigenvalue weighted by atomic mass is 9.97. The molecule has 0 aromatic heterocycles. The predicted molar refractivity (Wildman–Crippen MR) is 49.8 cm³/mol. The van der Waals surface area contributed by atoms with Gasteiger partial charge in [-0.1, -0.05) is 0 Å². The average Bonchev–Trinajstić information content (AvgIpc) is 2.00. The van der Waals surface area contributed by atoms with Crippen molar-refractivity contribution < 1.29 is 19.2 Å². The first kappa shape index (κ1) is 12.7. The molecule has 4 nitrogen and oxygen atoms in total. The summed E-state index contributed by atoms with van der Waals surface area (Å²) < 4.78 is 0. The van der Waals surface area contributed by atoms with Gasteiger partial charge in [-0.15, -0.1) is 0 Å². The standard InChI is InChI=1S/C10H14O4/c1-6(11)4-9(13)5-10(14)7(2)8(3)12/h7H,4-5H2,1-3H3. The molecule has 14 heavy (non-hydrogen) atoms. The monoisotopic (exact) mass is 198 g/mol. The highest BCUT2D eigenvalue weighted by atomic mass is 16.2. The predicted octanol–water partition coefficient (Wildman–Crippen LogP) is 0.719. The molecule has 0 aromatic carbocycles. The van der Waals surface area contributed by atoms with Crippen molar-refractivity contribution in [1.82, 2.24) is 0 Å². The number of hydrogen-bond donors (Lipinski definition) is 0. The van der Waals surface area contributed by atoms with E-state index < -0.39 is 17.5 Å². The summed E-state index contributed by atoms with van der Waals surface area (Å²) in [6.07, 6.45) is -0.545. The molecule has 0 heterocycles. The first-order chi connectivity index (χ1) is 6.34. The highest BCUT2D eigenvalue weighted by Crippen LogP contribution is 2.04. The van der Waals surface area contributed by atoms with Crippen molar-refractivity contribution in [3.8, 4) is 0 Å². The summed E-state index contributed by atoms with van der Waals surface area (Å²) in [7, 11) is 0. The van der Waals surface area contributed by atoms with Crippen molar-refractivity contribution in [2.24, 2.45) is 5.92 Å². The molecule has 0 spiro atoms. The van der Waals surface area contributed by atoms with E-state index in [1.807, 2.05) is 0 Å². The molecule has 0 bridgehead atoms. The Morgan fingerprint density at radius 2 is 1.50 bits per heavy atom. The molecule has 4 heteroatoms. The molecule has 0 saturated heterocycles. The Hall–Kier alpha value is -1.32. The molecule has 0 aliphatic carbocycles. The number of carbonyl (C=O) groups is 4. The lowest BCUT2D eigenvalue weighted by Crippen LogP contribution is -2.22. The van der Waals surface area contributed by atoms with E-state index in [0.717, 1.165) is 0 Å². The fraction of sp³-hybridized carbons (Fsp3) is 0.600. The van der Waals surface area contributed by atoms with Crippen molar-refractivity contribution in [1.29, 1.82) is 0 Å². The minimum absolute atomic E-state index is 0.226. The molecule has 78 valence electrons. The molecule has 0 amide bonds. The van der Waals surface area contributed by atoms with E-state index in [1.54, 1.807) is 0 Å². The molecule has 0 aromatic rings. The van der Waals surface area contributed by atoms with Gasteiger partial charge in [0, 0.05) is 0 Å². The Bertz CT molecular complexity index is 278. The van der Waals surface area contributed by atoms with Crippen LogP contribution in [-0.4, -0.2) is 23.1 Å². The van der Waals surface area contributed by atoms with Gasteiger partial charge in [0.25, 0.3) is 0 Å². The lowest BCUT2D eigenvalue weighted by Gasteiger charge is -2.04. The van der Waals surface area contributed by atoms with E-state index in [1.165, 1.54) is 20.8 Å². The zero-order chi connectivity index (χ0) is 11.3. The quantitative estimate of drug-likeness (QED) is 0.590. The van der Waals surface area contributed by atoms with Crippen LogP contribution in [0.5, 0.6) is 0 Å². The number of rotatable bonds is 6. The van der Waals surface area contributed by atoms with E-state index in [-0.39, 0.29) is 24.4 Å². The second-order valence-electron chi connectivity index (χ2n) is 3.39. The highest BCUT2D eigenvalue weighted by molar-refractivity contribution is 6.11. The maximum Gasteiger partial charge on any atom is 0.150 e. The molecule has 0 rings (SSSR count). The zero-order valence-corrected chi connectivity index (χ0v) is 8.62. The first-order valence-electron chi connectivity index (χ1n) is 4.39. The number of Topliss-reactive ketones (excluding diaryl/α,β-unsaturated/α-hetero) is 4. The Morgan fingerprint density at radius 3 is 1.86 bits per heavy atom. The SMILES string of the molecule is CC(=O)CC(=O)CC(=O)C(C)C(C)=O. The Labute approximate surface area is 82.7 Å². The van der Waals surface area contributed by atoms with Gasteiger partial charge in [-0.25, -0.2) is 0 Å². The average molecular weight is 198 g/mol. The van der Waals surface area contributed by atoms with E-state index in [9.17, 15) is 19.2 Å². The molecule has 0 saturated carbocycles. The van der Waals surface area contributed by atoms with Crippen molar-refractivity contribution in [3.63, 3.8) is 0 Å². The van der Waals surface area contributed by atoms with Crippen LogP contribution in [0.25, 0.3) is 0 Å². The van der Waals surface area contributed by atoms with Gasteiger partial charge in [-0.2, -0.15) is 0 Å². The Morgan fingerprint density at radius 1 is 1.00 bits per heavy atom. The van der Waals surface area contributed by atoms with E-state index in [4.69, 9.17) is 0 Å². The van der Waals surface area contributed by atoms with Crippen LogP contribution in [0, 0.1) is 5.92 Å². The fourth-order valence-electron chi connectivity index (χ4n) is 0.914. The number of ketones is 4. The summed E-state index contributed by atoms with van der Waals surface area (Å²) in [4.78, 5) is 43.6. The van der Waals surface area contributed by atoms with Crippen LogP contribution >= 0.6 is 0 Å². The van der Waals surface area contributed by atoms with Gasteiger partial charge >= 0.3 is 0 Å². The van der Waals surface area contributed by atoms with Gasteiger partial charge in [0.05, 0.1) is 18.8 Å². The number of carbonyl (C=O) groups excluding carboxylic acids is 4. The molecule has 0 fully saturated rings. The molecule has 0 aliphatic heterocycles. The molecule has 0 radical (unpaired) electrons. The van der Waals surface area contributed by atoms with E-state index >= 15 is 0 Å². The minimum atomic E-state index is -0.745. The van der Waals surface area contributed by atoms with Crippen molar-refractivity contribution in [2.75, 3.05) is 0 Å². The van der Waals surface area contributed by atoms with Crippen LogP contribution in [-0.2, 0) is 19.2 Å². The molecular weight excluding hydrogens is 184 g/mol. The summed E-state index contributed by atoms with van der Waals surface area (Å²) in [5, 5.41) is 0. The Balaban J connectivity index is 4.13. The van der Waals surface area contributed by atoms with Crippen molar-refractivity contribution in [3.05, 3.63) is 0 Å².